The van der Waals surface area contributed by atoms with E-state index in [2.05, 4.69) is 15.5 Å². The largest absolute Gasteiger partial charge is 0.369 e. The third-order valence-corrected chi connectivity index (χ3v) is 6.17. The molecule has 8 heteroatoms. The molecule has 5 nitrogen and oxygen atoms in total. The zero-order valence-electron chi connectivity index (χ0n) is 14.3. The number of thioether (sulfide) groups is 1. The Labute approximate surface area is 166 Å². The molecule has 1 saturated heterocycles. The Hall–Kier alpha value is -1.70. The highest BCUT2D eigenvalue weighted by atomic mass is 35.5. The van der Waals surface area contributed by atoms with Crippen LogP contribution >= 0.6 is 34.7 Å². The number of hydrogen-bond donors (Lipinski definition) is 2. The van der Waals surface area contributed by atoms with E-state index in [4.69, 9.17) is 11.6 Å². The summed E-state index contributed by atoms with van der Waals surface area (Å²) >= 11 is 9.69. The Bertz CT molecular complexity index is 777. The molecular formula is C18H20ClN3O2S2. The number of rotatable bonds is 5. The lowest BCUT2D eigenvalue weighted by molar-refractivity contribution is -0.117. The first-order valence-electron chi connectivity index (χ1n) is 8.32. The van der Waals surface area contributed by atoms with Crippen LogP contribution in [0.3, 0.4) is 0 Å². The fourth-order valence-electron chi connectivity index (χ4n) is 2.64. The lowest BCUT2D eigenvalue weighted by atomic mass is 10.2. The molecule has 1 fully saturated rings. The van der Waals surface area contributed by atoms with Crippen molar-refractivity contribution in [3.63, 3.8) is 0 Å². The van der Waals surface area contributed by atoms with E-state index in [1.54, 1.807) is 25.1 Å². The molecule has 138 valence electrons. The average molecular weight is 410 g/mol. The van der Waals surface area contributed by atoms with Crippen LogP contribution in [0, 0.1) is 0 Å². The standard InChI is InChI=1S/C18H20ClN3O2S2/c1-12(20-18(24)16-3-2-8-26-16)17(23)21-13-4-5-15(14(19)11-13)22-6-9-25-10-7-22/h2-5,8,11-12H,6-7,9-10H2,1H3,(H,20,24)(H,21,23). The van der Waals surface area contributed by atoms with Crippen LogP contribution in [0.4, 0.5) is 11.4 Å². The second-order valence-electron chi connectivity index (χ2n) is 5.93. The van der Waals surface area contributed by atoms with E-state index < -0.39 is 6.04 Å². The minimum Gasteiger partial charge on any atom is -0.369 e. The van der Waals surface area contributed by atoms with Gasteiger partial charge < -0.3 is 15.5 Å². The third-order valence-electron chi connectivity index (χ3n) is 4.05. The second kappa shape index (κ2) is 8.79. The SMILES string of the molecule is CC(NC(=O)c1cccs1)C(=O)Nc1ccc(N2CCSCC2)c(Cl)c1. The van der Waals surface area contributed by atoms with Gasteiger partial charge in [0.1, 0.15) is 6.04 Å². The van der Waals surface area contributed by atoms with Gasteiger partial charge >= 0.3 is 0 Å². The summed E-state index contributed by atoms with van der Waals surface area (Å²) in [5.74, 6) is 1.65. The Morgan fingerprint density at radius 3 is 2.65 bits per heavy atom. The summed E-state index contributed by atoms with van der Waals surface area (Å²) in [5.41, 5.74) is 1.61. The number of carbonyl (C=O) groups is 2. The van der Waals surface area contributed by atoms with Crippen LogP contribution in [0.2, 0.25) is 5.02 Å². The van der Waals surface area contributed by atoms with Crippen molar-refractivity contribution in [3.05, 3.63) is 45.6 Å². The number of benzene rings is 1. The summed E-state index contributed by atoms with van der Waals surface area (Å²) in [5, 5.41) is 7.94. The monoisotopic (exact) mass is 409 g/mol. The average Bonchev–Trinajstić information content (AvgIpc) is 3.17. The van der Waals surface area contributed by atoms with E-state index in [9.17, 15) is 9.59 Å². The minimum atomic E-state index is -0.651. The normalized spacial score (nSPS) is 15.4. The molecule has 1 aliphatic heterocycles. The summed E-state index contributed by atoms with van der Waals surface area (Å²) < 4.78 is 0. The maximum Gasteiger partial charge on any atom is 0.261 e. The first-order chi connectivity index (χ1) is 12.5. The van der Waals surface area contributed by atoms with E-state index in [1.165, 1.54) is 11.3 Å². The highest BCUT2D eigenvalue weighted by molar-refractivity contribution is 7.99. The van der Waals surface area contributed by atoms with Crippen molar-refractivity contribution in [1.29, 1.82) is 0 Å². The van der Waals surface area contributed by atoms with Gasteiger partial charge in [-0.25, -0.2) is 0 Å². The van der Waals surface area contributed by atoms with Gasteiger partial charge in [0.05, 0.1) is 15.6 Å². The molecule has 1 aliphatic rings. The molecule has 2 heterocycles. The van der Waals surface area contributed by atoms with Crippen molar-refractivity contribution in [2.45, 2.75) is 13.0 Å². The number of anilines is 2. The molecule has 1 aromatic heterocycles. The van der Waals surface area contributed by atoms with Crippen LogP contribution in [0.1, 0.15) is 16.6 Å². The molecule has 3 rings (SSSR count). The van der Waals surface area contributed by atoms with Crippen LogP contribution in [0.15, 0.2) is 35.7 Å². The van der Waals surface area contributed by atoms with Crippen LogP contribution in [0.25, 0.3) is 0 Å². The Morgan fingerprint density at radius 2 is 2.00 bits per heavy atom. The smallest absolute Gasteiger partial charge is 0.261 e. The van der Waals surface area contributed by atoms with Crippen LogP contribution in [0.5, 0.6) is 0 Å². The van der Waals surface area contributed by atoms with Gasteiger partial charge in [-0.2, -0.15) is 11.8 Å². The van der Waals surface area contributed by atoms with Crippen molar-refractivity contribution in [3.8, 4) is 0 Å². The number of nitrogens with zero attached hydrogens (tertiary/aromatic N) is 1. The Morgan fingerprint density at radius 1 is 1.23 bits per heavy atom. The van der Waals surface area contributed by atoms with Gasteiger partial charge in [-0.05, 0) is 36.6 Å². The molecule has 2 N–H and O–H groups in total. The molecular weight excluding hydrogens is 390 g/mol. The minimum absolute atomic E-state index is 0.251. The van der Waals surface area contributed by atoms with Crippen molar-refractivity contribution in [1.82, 2.24) is 5.32 Å². The maximum atomic E-state index is 12.3. The summed E-state index contributed by atoms with van der Waals surface area (Å²) in [6.07, 6.45) is 0. The molecule has 0 bridgehead atoms. The number of halogens is 1. The van der Waals surface area contributed by atoms with Gasteiger partial charge in [0.2, 0.25) is 5.91 Å². The van der Waals surface area contributed by atoms with Gasteiger partial charge in [0, 0.05) is 30.3 Å². The fraction of sp³-hybridized carbons (Fsp3) is 0.333. The van der Waals surface area contributed by atoms with E-state index in [0.29, 0.717) is 15.6 Å². The first kappa shape index (κ1) is 19.1. The number of hydrogen-bond acceptors (Lipinski definition) is 5. The molecule has 1 unspecified atom stereocenters. The number of carbonyl (C=O) groups excluding carboxylic acids is 2. The van der Waals surface area contributed by atoms with Crippen molar-refractivity contribution in [2.75, 3.05) is 34.8 Å². The van der Waals surface area contributed by atoms with E-state index in [1.807, 2.05) is 29.3 Å². The van der Waals surface area contributed by atoms with Crippen LogP contribution in [-0.2, 0) is 4.79 Å². The molecule has 0 spiro atoms. The van der Waals surface area contributed by atoms with E-state index in [-0.39, 0.29) is 11.8 Å². The summed E-state index contributed by atoms with van der Waals surface area (Å²) in [6, 6.07) is 8.40. The predicted molar refractivity (Wildman–Crippen MR) is 111 cm³/mol. The molecule has 2 amide bonds. The molecule has 2 aromatic rings. The Kier molecular flexibility index (Phi) is 6.45. The third kappa shape index (κ3) is 4.72. The van der Waals surface area contributed by atoms with E-state index >= 15 is 0 Å². The molecule has 1 atom stereocenters. The van der Waals surface area contributed by atoms with Gasteiger partial charge in [-0.1, -0.05) is 17.7 Å². The zero-order valence-corrected chi connectivity index (χ0v) is 16.7. The van der Waals surface area contributed by atoms with Gasteiger partial charge in [-0.3, -0.25) is 9.59 Å². The number of nitrogens with one attached hydrogen (secondary N) is 2. The molecule has 1 aromatic carbocycles. The molecule has 0 saturated carbocycles. The summed E-state index contributed by atoms with van der Waals surface area (Å²) in [4.78, 5) is 27.2. The van der Waals surface area contributed by atoms with Crippen LogP contribution in [-0.4, -0.2) is 42.5 Å². The van der Waals surface area contributed by atoms with Gasteiger partial charge in [-0.15, -0.1) is 11.3 Å². The van der Waals surface area contributed by atoms with Crippen molar-refractivity contribution >= 4 is 57.9 Å². The highest BCUT2D eigenvalue weighted by Gasteiger charge is 2.19. The lowest BCUT2D eigenvalue weighted by Crippen LogP contribution is -2.41. The predicted octanol–water partition coefficient (Wildman–Crippen LogP) is 3.71. The van der Waals surface area contributed by atoms with Crippen LogP contribution < -0.4 is 15.5 Å². The van der Waals surface area contributed by atoms with Crippen molar-refractivity contribution < 1.29 is 9.59 Å². The highest BCUT2D eigenvalue weighted by Crippen LogP contribution is 2.30. The lowest BCUT2D eigenvalue weighted by Gasteiger charge is -2.29. The second-order valence-corrected chi connectivity index (χ2v) is 8.51. The fourth-order valence-corrected chi connectivity index (χ4v) is 4.47. The maximum absolute atomic E-state index is 12.3. The zero-order chi connectivity index (χ0) is 18.5. The number of thiophene rings is 1. The van der Waals surface area contributed by atoms with Gasteiger partial charge in [0.15, 0.2) is 0 Å². The molecule has 26 heavy (non-hydrogen) atoms. The quantitative estimate of drug-likeness (QED) is 0.790. The Balaban J connectivity index is 1.60. The molecule has 0 radical (unpaired) electrons. The first-order valence-corrected chi connectivity index (χ1v) is 10.7. The number of amides is 2. The van der Waals surface area contributed by atoms with Crippen molar-refractivity contribution in [2.24, 2.45) is 0 Å². The van der Waals surface area contributed by atoms with E-state index in [0.717, 1.165) is 30.3 Å². The van der Waals surface area contributed by atoms with Gasteiger partial charge in [0.25, 0.3) is 5.91 Å². The topological polar surface area (TPSA) is 61.4 Å². The summed E-state index contributed by atoms with van der Waals surface area (Å²) in [7, 11) is 0. The molecule has 0 aliphatic carbocycles. The summed E-state index contributed by atoms with van der Waals surface area (Å²) in [6.45, 7) is 3.60.